The summed E-state index contributed by atoms with van der Waals surface area (Å²) in [6.45, 7) is 11.2. The molecule has 4 N–H and O–H groups in total. The number of aromatic nitrogens is 6. The molecule has 0 unspecified atom stereocenters. The van der Waals surface area contributed by atoms with Crippen LogP contribution in [0.25, 0.3) is 11.1 Å². The van der Waals surface area contributed by atoms with Crippen LogP contribution in [0.3, 0.4) is 0 Å². The summed E-state index contributed by atoms with van der Waals surface area (Å²) in [6, 6.07) is 3.55. The average molecular weight is 751 g/mol. The second kappa shape index (κ2) is 14.4. The summed E-state index contributed by atoms with van der Waals surface area (Å²) in [4.78, 5) is 22.2. The van der Waals surface area contributed by atoms with Crippen LogP contribution in [0.4, 0.5) is 37.7 Å². The van der Waals surface area contributed by atoms with Gasteiger partial charge in [0.25, 0.3) is 0 Å². The molecule has 3 aliphatic rings. The van der Waals surface area contributed by atoms with E-state index in [9.17, 15) is 26.3 Å². The minimum absolute atomic E-state index is 0.360. The van der Waals surface area contributed by atoms with Crippen molar-refractivity contribution in [1.82, 2.24) is 29.9 Å². The number of nitrogens with zero attached hydrogens (tertiary/aromatic N) is 6. The van der Waals surface area contributed by atoms with Crippen molar-refractivity contribution >= 4 is 35.6 Å². The summed E-state index contributed by atoms with van der Waals surface area (Å²) >= 11 is 5.93. The minimum atomic E-state index is -4.55. The SMILES string of the molecule is CC1(C)OB(c2cnc(C(F)(F)F)nc2)OC1(C)C.Cc1cc(-c2cnc(C(F)(F)F)nc2)c(N)c(C2CC2)n1.Cc1cc(Cl)c(N)c(C2CC2)n1. The monoisotopic (exact) mass is 750 g/mol. The molecule has 0 bridgehead atoms. The Morgan fingerprint density at radius 2 is 1.10 bits per heavy atom. The fourth-order valence-electron chi connectivity index (χ4n) is 5.15. The molecule has 4 aromatic rings. The lowest BCUT2D eigenvalue weighted by Gasteiger charge is -2.32. The van der Waals surface area contributed by atoms with Crippen molar-refractivity contribution in [1.29, 1.82) is 0 Å². The predicted octanol–water partition coefficient (Wildman–Crippen LogP) is 7.62. The van der Waals surface area contributed by atoms with E-state index in [0.717, 1.165) is 60.4 Å². The van der Waals surface area contributed by atoms with E-state index in [1.807, 2.05) is 47.6 Å². The van der Waals surface area contributed by atoms with E-state index in [0.29, 0.717) is 44.8 Å². The number of rotatable bonds is 4. The molecular weight excluding hydrogens is 713 g/mol. The van der Waals surface area contributed by atoms with Crippen LogP contribution in [0.2, 0.25) is 5.02 Å². The zero-order valence-corrected chi connectivity index (χ0v) is 30.1. The van der Waals surface area contributed by atoms with Crippen molar-refractivity contribution in [2.24, 2.45) is 0 Å². The second-order valence-electron chi connectivity index (χ2n) is 13.9. The molecule has 18 heteroatoms. The molecule has 0 aromatic carbocycles. The van der Waals surface area contributed by atoms with E-state index in [1.165, 1.54) is 12.8 Å². The molecular formula is C34H38BClF6N8O2. The molecule has 1 aliphatic heterocycles. The van der Waals surface area contributed by atoms with Gasteiger partial charge in [-0.25, -0.2) is 19.9 Å². The smallest absolute Gasteiger partial charge is 0.399 e. The average Bonchev–Trinajstić information content (AvgIpc) is 3.98. The Bertz CT molecular complexity index is 1890. The van der Waals surface area contributed by atoms with Crippen molar-refractivity contribution < 1.29 is 35.7 Å². The Balaban J connectivity index is 0.000000156. The highest BCUT2D eigenvalue weighted by Gasteiger charge is 2.52. The highest BCUT2D eigenvalue weighted by molar-refractivity contribution is 6.61. The third-order valence-corrected chi connectivity index (χ3v) is 9.29. The van der Waals surface area contributed by atoms with Gasteiger partial charge < -0.3 is 20.8 Å². The van der Waals surface area contributed by atoms with Gasteiger partial charge in [0.05, 0.1) is 39.0 Å². The summed E-state index contributed by atoms with van der Waals surface area (Å²) in [5, 5.41) is 0.643. The standard InChI is InChI=1S/C14H13F3N4.C11H14BF3N2O2.C9H11ClN2/c1-7-4-10(11(18)12(21-7)8-2-3-8)9-5-19-13(20-6-9)14(15,16)17;1-9(2)10(3,4)19-12(18-9)7-5-16-8(17-6-7)11(13,14)15;1-5-4-7(10)8(11)9(12-5)6-2-3-6/h4-6,8H,2-3,18H2,1H3;5-6H,1-4H3;4,6H,2-3,11H2,1H3. The molecule has 3 fully saturated rings. The zero-order chi connectivity index (χ0) is 38.4. The number of nitrogen functional groups attached to an aromatic ring is 2. The summed E-state index contributed by atoms with van der Waals surface area (Å²) in [5.74, 6) is -1.40. The first-order valence-corrected chi connectivity index (χ1v) is 16.8. The van der Waals surface area contributed by atoms with Gasteiger partial charge in [0, 0.05) is 64.6 Å². The van der Waals surface area contributed by atoms with E-state index in [4.69, 9.17) is 32.4 Å². The Hall–Kier alpha value is -4.09. The summed E-state index contributed by atoms with van der Waals surface area (Å²) < 4.78 is 85.9. The van der Waals surface area contributed by atoms with Crippen LogP contribution in [0.5, 0.6) is 0 Å². The van der Waals surface area contributed by atoms with Crippen molar-refractivity contribution in [3.8, 4) is 11.1 Å². The molecule has 0 radical (unpaired) electrons. The number of pyridine rings is 2. The van der Waals surface area contributed by atoms with Crippen LogP contribution in [0, 0.1) is 13.8 Å². The minimum Gasteiger partial charge on any atom is -0.399 e. The maximum absolute atomic E-state index is 12.5. The number of halogens is 7. The topological polar surface area (TPSA) is 148 Å². The molecule has 4 aromatic heterocycles. The normalized spacial score (nSPS) is 17.9. The molecule has 0 amide bonds. The summed E-state index contributed by atoms with van der Waals surface area (Å²) in [7, 11) is -0.757. The first kappa shape index (κ1) is 39.1. The molecule has 278 valence electrons. The molecule has 1 saturated heterocycles. The van der Waals surface area contributed by atoms with Gasteiger partial charge in [-0.15, -0.1) is 0 Å². The van der Waals surface area contributed by atoms with Crippen LogP contribution in [-0.4, -0.2) is 48.2 Å². The number of aryl methyl sites for hydroxylation is 2. The fraction of sp³-hybridized carbons (Fsp3) is 0.471. The predicted molar refractivity (Wildman–Crippen MR) is 185 cm³/mol. The lowest BCUT2D eigenvalue weighted by Crippen LogP contribution is -2.41. The van der Waals surface area contributed by atoms with E-state index in [2.05, 4.69) is 29.9 Å². The van der Waals surface area contributed by atoms with E-state index in [-0.39, 0.29) is 0 Å². The number of hydrogen-bond donors (Lipinski definition) is 2. The zero-order valence-electron chi connectivity index (χ0n) is 29.3. The third-order valence-electron chi connectivity index (χ3n) is 8.98. The maximum Gasteiger partial charge on any atom is 0.498 e. The van der Waals surface area contributed by atoms with Crippen LogP contribution in [0.15, 0.2) is 36.9 Å². The van der Waals surface area contributed by atoms with Gasteiger partial charge in [0.15, 0.2) is 0 Å². The van der Waals surface area contributed by atoms with Crippen LogP contribution in [-0.2, 0) is 21.7 Å². The van der Waals surface area contributed by atoms with Crippen molar-refractivity contribution in [3.63, 3.8) is 0 Å². The van der Waals surface area contributed by atoms with E-state index in [1.54, 1.807) is 6.07 Å². The van der Waals surface area contributed by atoms with Gasteiger partial charge in [-0.3, -0.25) is 9.97 Å². The van der Waals surface area contributed by atoms with E-state index >= 15 is 0 Å². The molecule has 0 spiro atoms. The molecule has 0 atom stereocenters. The molecule has 5 heterocycles. The highest BCUT2D eigenvalue weighted by atomic mass is 35.5. The lowest BCUT2D eigenvalue weighted by atomic mass is 9.81. The summed E-state index contributed by atoms with van der Waals surface area (Å²) in [5.41, 5.74) is 17.0. The Morgan fingerprint density at radius 1 is 0.692 bits per heavy atom. The largest absolute Gasteiger partial charge is 0.498 e. The van der Waals surface area contributed by atoms with E-state index < -0.39 is 42.3 Å². The molecule has 7 rings (SSSR count). The lowest BCUT2D eigenvalue weighted by molar-refractivity contribution is -0.145. The highest BCUT2D eigenvalue weighted by Crippen LogP contribution is 2.45. The number of anilines is 2. The molecule has 2 aliphatic carbocycles. The van der Waals surface area contributed by atoms with Crippen LogP contribution < -0.4 is 16.9 Å². The van der Waals surface area contributed by atoms with Crippen molar-refractivity contribution in [2.75, 3.05) is 11.5 Å². The van der Waals surface area contributed by atoms with Gasteiger partial charge >= 0.3 is 19.5 Å². The van der Waals surface area contributed by atoms with Crippen molar-refractivity contribution in [3.05, 3.63) is 76.4 Å². The van der Waals surface area contributed by atoms with Gasteiger partial charge in [-0.05, 0) is 79.4 Å². The second-order valence-corrected chi connectivity index (χ2v) is 14.3. The van der Waals surface area contributed by atoms with Crippen LogP contribution in [0.1, 0.15) is 99.6 Å². The third kappa shape index (κ3) is 9.10. The maximum atomic E-state index is 12.5. The van der Waals surface area contributed by atoms with Crippen LogP contribution >= 0.6 is 11.6 Å². The molecule has 10 nitrogen and oxygen atoms in total. The van der Waals surface area contributed by atoms with Gasteiger partial charge in [0.2, 0.25) is 11.6 Å². The molecule has 52 heavy (non-hydrogen) atoms. The first-order chi connectivity index (χ1) is 24.1. The number of hydrogen-bond acceptors (Lipinski definition) is 10. The summed E-state index contributed by atoms with van der Waals surface area (Å²) in [6.07, 6.45) is -0.127. The quantitative estimate of drug-likeness (QED) is 0.158. The van der Waals surface area contributed by atoms with Crippen molar-refractivity contribution in [2.45, 2.75) is 103 Å². The first-order valence-electron chi connectivity index (χ1n) is 16.4. The van der Waals surface area contributed by atoms with Gasteiger partial charge in [-0.1, -0.05) is 11.6 Å². The fourth-order valence-corrected chi connectivity index (χ4v) is 5.40. The Morgan fingerprint density at radius 3 is 1.52 bits per heavy atom. The van der Waals surface area contributed by atoms with Gasteiger partial charge in [-0.2, -0.15) is 26.3 Å². The Labute approximate surface area is 302 Å². The van der Waals surface area contributed by atoms with Gasteiger partial charge in [0.1, 0.15) is 0 Å². The Kier molecular flexibility index (Phi) is 10.8. The molecule has 2 saturated carbocycles. The number of nitrogens with two attached hydrogens (primary N) is 2. The number of alkyl halides is 6.